The van der Waals surface area contributed by atoms with Gasteiger partial charge in [0.25, 0.3) is 0 Å². The SMILES string of the molecule is CNC(=O)[C@]1(Cc2ccc(-c3ccsc3)cc2)CCN(C(=O)CC(C)C)C1. The van der Waals surface area contributed by atoms with Crippen LogP contribution in [0.3, 0.4) is 0 Å². The molecule has 0 radical (unpaired) electrons. The van der Waals surface area contributed by atoms with Gasteiger partial charge in [-0.15, -0.1) is 0 Å². The molecule has 3 rings (SSSR count). The molecule has 1 fully saturated rings. The molecule has 1 saturated heterocycles. The quantitative estimate of drug-likeness (QED) is 0.819. The molecule has 0 bridgehead atoms. The van der Waals surface area contributed by atoms with E-state index in [0.717, 1.165) is 5.56 Å². The van der Waals surface area contributed by atoms with Gasteiger partial charge in [-0.05, 0) is 52.3 Å². The number of nitrogens with zero attached hydrogens (tertiary/aromatic N) is 1. The monoisotopic (exact) mass is 384 g/mol. The van der Waals surface area contributed by atoms with Crippen LogP contribution in [-0.2, 0) is 16.0 Å². The Kier molecular flexibility index (Phi) is 6.00. The molecule has 0 saturated carbocycles. The van der Waals surface area contributed by atoms with E-state index in [1.807, 2.05) is 4.90 Å². The molecule has 2 aromatic rings. The average molecular weight is 385 g/mol. The molecule has 1 aliphatic heterocycles. The minimum atomic E-state index is -0.536. The Morgan fingerprint density at radius 2 is 1.93 bits per heavy atom. The largest absolute Gasteiger partial charge is 0.359 e. The minimum Gasteiger partial charge on any atom is -0.359 e. The van der Waals surface area contributed by atoms with E-state index in [-0.39, 0.29) is 11.8 Å². The summed E-state index contributed by atoms with van der Waals surface area (Å²) < 4.78 is 0. The van der Waals surface area contributed by atoms with E-state index in [4.69, 9.17) is 0 Å². The summed E-state index contributed by atoms with van der Waals surface area (Å²) >= 11 is 1.69. The molecule has 27 heavy (non-hydrogen) atoms. The van der Waals surface area contributed by atoms with E-state index in [1.165, 1.54) is 11.1 Å². The standard InChI is InChI=1S/C22H28N2O2S/c1-16(2)12-20(25)24-10-9-22(15-24,21(26)23-3)13-17-4-6-18(7-5-17)19-8-11-27-14-19/h4-8,11,14,16H,9-10,12-13,15H2,1-3H3,(H,23,26)/t22-/m0/s1. The fraction of sp³-hybridized carbons (Fsp3) is 0.455. The highest BCUT2D eigenvalue weighted by Gasteiger charge is 2.45. The summed E-state index contributed by atoms with van der Waals surface area (Å²) in [6.45, 7) is 5.26. The Bertz CT molecular complexity index is 783. The number of amides is 2. The first kappa shape index (κ1) is 19.6. The zero-order valence-corrected chi connectivity index (χ0v) is 17.1. The smallest absolute Gasteiger partial charge is 0.228 e. The second-order valence-corrected chi connectivity index (χ2v) is 8.69. The summed E-state index contributed by atoms with van der Waals surface area (Å²) in [7, 11) is 1.68. The van der Waals surface area contributed by atoms with Crippen LogP contribution in [0.2, 0.25) is 0 Å². The van der Waals surface area contributed by atoms with Crippen molar-refractivity contribution in [3.05, 3.63) is 46.7 Å². The van der Waals surface area contributed by atoms with Gasteiger partial charge in [0.15, 0.2) is 0 Å². The molecule has 2 amide bonds. The molecule has 0 aliphatic carbocycles. The number of nitrogens with one attached hydrogen (secondary N) is 1. The number of carbonyl (C=O) groups excluding carboxylic acids is 2. The lowest BCUT2D eigenvalue weighted by atomic mass is 9.79. The van der Waals surface area contributed by atoms with Gasteiger partial charge >= 0.3 is 0 Å². The van der Waals surface area contributed by atoms with Gasteiger partial charge in [0.2, 0.25) is 11.8 Å². The normalized spacial score (nSPS) is 19.5. The second kappa shape index (κ2) is 8.26. The first-order chi connectivity index (χ1) is 12.9. The Morgan fingerprint density at radius 3 is 2.52 bits per heavy atom. The van der Waals surface area contributed by atoms with Gasteiger partial charge in [-0.1, -0.05) is 38.1 Å². The highest BCUT2D eigenvalue weighted by atomic mass is 32.1. The molecule has 0 unspecified atom stereocenters. The lowest BCUT2D eigenvalue weighted by Crippen LogP contribution is -2.44. The van der Waals surface area contributed by atoms with E-state index in [0.29, 0.717) is 38.3 Å². The van der Waals surface area contributed by atoms with Crippen molar-refractivity contribution in [2.75, 3.05) is 20.1 Å². The number of benzene rings is 1. The minimum absolute atomic E-state index is 0.0317. The number of hydrogen-bond donors (Lipinski definition) is 1. The van der Waals surface area contributed by atoms with E-state index in [1.54, 1.807) is 18.4 Å². The highest BCUT2D eigenvalue weighted by Crippen LogP contribution is 2.36. The molecular formula is C22H28N2O2S. The zero-order valence-electron chi connectivity index (χ0n) is 16.3. The van der Waals surface area contributed by atoms with Crippen LogP contribution in [0.1, 0.15) is 32.3 Å². The summed E-state index contributed by atoms with van der Waals surface area (Å²) in [6.07, 6.45) is 1.91. The van der Waals surface area contributed by atoms with Crippen molar-refractivity contribution < 1.29 is 9.59 Å². The summed E-state index contributed by atoms with van der Waals surface area (Å²) in [6, 6.07) is 10.6. The third kappa shape index (κ3) is 4.41. The van der Waals surface area contributed by atoms with Crippen LogP contribution in [0.4, 0.5) is 0 Å². The van der Waals surface area contributed by atoms with E-state index >= 15 is 0 Å². The molecule has 1 aliphatic rings. The molecule has 0 spiro atoms. The van der Waals surface area contributed by atoms with E-state index < -0.39 is 5.41 Å². The number of hydrogen-bond acceptors (Lipinski definition) is 3. The first-order valence-electron chi connectivity index (χ1n) is 9.55. The molecular weight excluding hydrogens is 356 g/mol. The Balaban J connectivity index is 1.76. The van der Waals surface area contributed by atoms with Crippen LogP contribution < -0.4 is 5.32 Å². The first-order valence-corrected chi connectivity index (χ1v) is 10.5. The molecule has 144 valence electrons. The lowest BCUT2D eigenvalue weighted by Gasteiger charge is -2.28. The van der Waals surface area contributed by atoms with Gasteiger partial charge in [-0.25, -0.2) is 0 Å². The predicted octanol–water partition coefficient (Wildman–Crippen LogP) is 3.97. The summed E-state index contributed by atoms with van der Waals surface area (Å²) in [4.78, 5) is 27.1. The maximum absolute atomic E-state index is 12.7. The van der Waals surface area contributed by atoms with Crippen LogP contribution >= 0.6 is 11.3 Å². The third-order valence-electron chi connectivity index (χ3n) is 5.35. The molecule has 1 aromatic carbocycles. The third-order valence-corrected chi connectivity index (χ3v) is 6.03. The van der Waals surface area contributed by atoms with Crippen molar-refractivity contribution in [3.63, 3.8) is 0 Å². The highest BCUT2D eigenvalue weighted by molar-refractivity contribution is 7.08. The molecule has 1 atom stereocenters. The van der Waals surface area contributed by atoms with Gasteiger partial charge in [0.05, 0.1) is 5.41 Å². The van der Waals surface area contributed by atoms with Gasteiger partial charge in [0, 0.05) is 26.6 Å². The number of carbonyl (C=O) groups is 2. The number of likely N-dealkylation sites (tertiary alicyclic amines) is 1. The maximum Gasteiger partial charge on any atom is 0.228 e. The van der Waals surface area contributed by atoms with Crippen molar-refractivity contribution in [3.8, 4) is 11.1 Å². The van der Waals surface area contributed by atoms with Crippen LogP contribution in [0.25, 0.3) is 11.1 Å². The maximum atomic E-state index is 12.7. The van der Waals surface area contributed by atoms with Crippen molar-refractivity contribution in [2.45, 2.75) is 33.1 Å². The van der Waals surface area contributed by atoms with Crippen molar-refractivity contribution in [1.29, 1.82) is 0 Å². The van der Waals surface area contributed by atoms with Crippen LogP contribution in [0, 0.1) is 11.3 Å². The van der Waals surface area contributed by atoms with Crippen molar-refractivity contribution in [2.24, 2.45) is 11.3 Å². The molecule has 2 heterocycles. The summed E-state index contributed by atoms with van der Waals surface area (Å²) in [5.74, 6) is 0.519. The molecule has 1 N–H and O–H groups in total. The van der Waals surface area contributed by atoms with E-state index in [9.17, 15) is 9.59 Å². The van der Waals surface area contributed by atoms with Gasteiger partial charge < -0.3 is 10.2 Å². The Labute approximate surface area is 165 Å². The fourth-order valence-electron chi connectivity index (χ4n) is 3.87. The van der Waals surface area contributed by atoms with Gasteiger partial charge in [0.1, 0.15) is 0 Å². The predicted molar refractivity (Wildman–Crippen MR) is 111 cm³/mol. The Hall–Kier alpha value is -2.14. The van der Waals surface area contributed by atoms with Crippen LogP contribution in [0.5, 0.6) is 0 Å². The van der Waals surface area contributed by atoms with Gasteiger partial charge in [-0.3, -0.25) is 9.59 Å². The van der Waals surface area contributed by atoms with Crippen molar-refractivity contribution >= 4 is 23.2 Å². The fourth-order valence-corrected chi connectivity index (χ4v) is 4.54. The number of thiophene rings is 1. The topological polar surface area (TPSA) is 49.4 Å². The van der Waals surface area contributed by atoms with Crippen LogP contribution in [0.15, 0.2) is 41.1 Å². The number of rotatable bonds is 6. The molecule has 5 heteroatoms. The average Bonchev–Trinajstić information content (AvgIpc) is 3.32. The molecule has 1 aromatic heterocycles. The van der Waals surface area contributed by atoms with Crippen LogP contribution in [-0.4, -0.2) is 36.9 Å². The Morgan fingerprint density at radius 1 is 1.19 bits per heavy atom. The second-order valence-electron chi connectivity index (χ2n) is 7.91. The lowest BCUT2D eigenvalue weighted by molar-refractivity contribution is -0.133. The van der Waals surface area contributed by atoms with Crippen molar-refractivity contribution in [1.82, 2.24) is 10.2 Å². The summed E-state index contributed by atoms with van der Waals surface area (Å²) in [5, 5.41) is 7.04. The zero-order chi connectivity index (χ0) is 19.4. The van der Waals surface area contributed by atoms with E-state index in [2.05, 4.69) is 60.3 Å². The molecule has 4 nitrogen and oxygen atoms in total. The van der Waals surface area contributed by atoms with Gasteiger partial charge in [-0.2, -0.15) is 11.3 Å². The summed E-state index contributed by atoms with van der Waals surface area (Å²) in [5.41, 5.74) is 3.01.